The molecule has 1 nitrogen and oxygen atoms in total. The number of benzene rings is 3. The summed E-state index contributed by atoms with van der Waals surface area (Å²) < 4.78 is 25.5. The van der Waals surface area contributed by atoms with Gasteiger partial charge < -0.3 is 0 Å². The molecule has 0 radical (unpaired) electrons. The number of pyridine rings is 1. The Bertz CT molecular complexity index is 1330. The molecule has 4 rings (SSSR count). The number of nitrogens with zero attached hydrogens (tertiary/aromatic N) is 1. The first kappa shape index (κ1) is 18.3. The lowest BCUT2D eigenvalue weighted by Gasteiger charge is -2.22. The lowest BCUT2D eigenvalue weighted by Crippen LogP contribution is -2.35. The fourth-order valence-corrected chi connectivity index (χ4v) is 4.15. The summed E-state index contributed by atoms with van der Waals surface area (Å²) in [5.74, 6) is -0.230. The van der Waals surface area contributed by atoms with Gasteiger partial charge >= 0.3 is 0 Å². The maximum Gasteiger partial charge on any atom is 0.221 e. The first-order chi connectivity index (χ1) is 14.0. The van der Waals surface area contributed by atoms with Crippen LogP contribution in [0.2, 0.25) is 0 Å². The molecule has 0 fully saturated rings. The number of aryl methyl sites for hydroxylation is 1. The van der Waals surface area contributed by atoms with Gasteiger partial charge in [0.1, 0.15) is 12.9 Å². The van der Waals surface area contributed by atoms with Gasteiger partial charge in [0.25, 0.3) is 0 Å². The van der Waals surface area contributed by atoms with Crippen LogP contribution in [0.25, 0.3) is 32.8 Å². The van der Waals surface area contributed by atoms with Crippen LogP contribution < -0.4 is 4.57 Å². The summed E-state index contributed by atoms with van der Waals surface area (Å²) in [5.41, 5.74) is 6.82. The van der Waals surface area contributed by atoms with E-state index in [2.05, 4.69) is 51.3 Å². The molecular formula is C27H29FN+. The zero-order valence-electron chi connectivity index (χ0n) is 19.4. The van der Waals surface area contributed by atoms with Crippen molar-refractivity contribution in [2.24, 2.45) is 7.05 Å². The highest BCUT2D eigenvalue weighted by molar-refractivity contribution is 6.13. The normalized spacial score (nSPS) is 12.6. The van der Waals surface area contributed by atoms with Gasteiger partial charge in [-0.1, -0.05) is 51.1 Å². The summed E-state index contributed by atoms with van der Waals surface area (Å²) in [6, 6.07) is 14.0. The van der Waals surface area contributed by atoms with E-state index in [1.165, 1.54) is 22.8 Å². The molecule has 3 aromatic carbocycles. The minimum Gasteiger partial charge on any atom is -0.206 e. The molecule has 0 unspecified atom stereocenters. The highest BCUT2D eigenvalue weighted by Gasteiger charge is 2.25. The van der Waals surface area contributed by atoms with Crippen molar-refractivity contribution in [3.8, 4) is 11.3 Å². The second-order valence-electron chi connectivity index (χ2n) is 9.16. The predicted molar refractivity (Wildman–Crippen MR) is 121 cm³/mol. The molecule has 0 N–H and O–H groups in total. The van der Waals surface area contributed by atoms with E-state index in [-0.39, 0.29) is 11.2 Å². The average molecular weight is 388 g/mol. The van der Waals surface area contributed by atoms with Crippen LogP contribution in [0.1, 0.15) is 44.5 Å². The Morgan fingerprint density at radius 2 is 1.69 bits per heavy atom. The van der Waals surface area contributed by atoms with Crippen LogP contribution in [-0.2, 0) is 12.5 Å². The second kappa shape index (κ2) is 6.66. The van der Waals surface area contributed by atoms with Gasteiger partial charge in [0.2, 0.25) is 5.69 Å². The largest absolute Gasteiger partial charge is 0.221 e. The number of hydrogen-bond donors (Lipinski definition) is 0. The first-order valence-corrected chi connectivity index (χ1v) is 10.1. The molecule has 0 bridgehead atoms. The van der Waals surface area contributed by atoms with Gasteiger partial charge in [-0.05, 0) is 58.9 Å². The van der Waals surface area contributed by atoms with Gasteiger partial charge in [-0.15, -0.1) is 0 Å². The van der Waals surface area contributed by atoms with E-state index >= 15 is 0 Å². The van der Waals surface area contributed by atoms with Crippen LogP contribution in [0.15, 0.2) is 48.5 Å². The van der Waals surface area contributed by atoms with Crippen molar-refractivity contribution in [1.29, 1.82) is 0 Å². The van der Waals surface area contributed by atoms with Crippen molar-refractivity contribution in [3.63, 3.8) is 0 Å². The number of rotatable bonds is 1. The molecule has 2 heteroatoms. The number of aromatic nitrogens is 1. The zero-order valence-corrected chi connectivity index (χ0v) is 18.4. The molecule has 148 valence electrons. The summed E-state index contributed by atoms with van der Waals surface area (Å²) in [4.78, 5) is 0. The third kappa shape index (κ3) is 3.11. The maximum absolute atomic E-state index is 14.6. The van der Waals surface area contributed by atoms with E-state index in [0.717, 1.165) is 33.1 Å². The van der Waals surface area contributed by atoms with Crippen molar-refractivity contribution in [3.05, 3.63) is 76.7 Å². The van der Waals surface area contributed by atoms with E-state index in [0.29, 0.717) is 11.4 Å². The van der Waals surface area contributed by atoms with Gasteiger partial charge in [-0.25, -0.2) is 4.39 Å². The van der Waals surface area contributed by atoms with E-state index in [4.69, 9.17) is 1.37 Å². The highest BCUT2D eigenvalue weighted by atomic mass is 19.1. The molecule has 1 heterocycles. The average Bonchev–Trinajstić information content (AvgIpc) is 2.68. The molecule has 0 aliphatic rings. The van der Waals surface area contributed by atoms with Crippen molar-refractivity contribution in [2.45, 2.75) is 47.0 Å². The molecular weight excluding hydrogens is 357 g/mol. The Balaban J connectivity index is 2.28. The van der Waals surface area contributed by atoms with Crippen LogP contribution in [0, 0.1) is 26.6 Å². The van der Waals surface area contributed by atoms with Crippen molar-refractivity contribution in [2.75, 3.05) is 0 Å². The minimum absolute atomic E-state index is 0.0141. The fraction of sp³-hybridized carbons (Fsp3) is 0.296. The van der Waals surface area contributed by atoms with Crippen molar-refractivity contribution >= 4 is 21.5 Å². The summed E-state index contributed by atoms with van der Waals surface area (Å²) in [6.45, 7) is 13.0. The fourth-order valence-electron chi connectivity index (χ4n) is 4.15. The van der Waals surface area contributed by atoms with Crippen molar-refractivity contribution < 1.29 is 10.3 Å². The van der Waals surface area contributed by atoms with E-state index in [1.54, 1.807) is 12.1 Å². The Kier molecular flexibility index (Phi) is 4.20. The highest BCUT2D eigenvalue weighted by Crippen LogP contribution is 2.37. The smallest absolute Gasteiger partial charge is 0.206 e. The van der Waals surface area contributed by atoms with E-state index < -0.39 is 0 Å². The molecule has 0 spiro atoms. The SMILES string of the molecule is [2H]c1c(C)[n+](C)c(-c2cc(C(C)(C)C)cc(C)c2C)c2c1ccc1c(F)cccc12. The van der Waals surface area contributed by atoms with Gasteiger partial charge in [0.15, 0.2) is 5.69 Å². The summed E-state index contributed by atoms with van der Waals surface area (Å²) in [6.07, 6.45) is 0. The standard InChI is InChI=1S/C27H29FN/c1-16-13-20(27(4,5)6)15-23(18(16)3)26-25-19(14-17(2)29(26)7)11-12-21-22(25)9-8-10-24(21)28/h8-15H,1-7H3/q+1/i14D. The molecule has 0 saturated heterocycles. The Labute approximate surface area is 174 Å². The molecule has 29 heavy (non-hydrogen) atoms. The third-order valence-electron chi connectivity index (χ3n) is 6.19. The molecule has 0 aliphatic carbocycles. The molecule has 0 saturated carbocycles. The van der Waals surface area contributed by atoms with E-state index in [1.807, 2.05) is 26.1 Å². The number of fused-ring (bicyclic) bond motifs is 3. The second-order valence-corrected chi connectivity index (χ2v) is 9.16. The van der Waals surface area contributed by atoms with E-state index in [9.17, 15) is 4.39 Å². The van der Waals surface area contributed by atoms with Crippen LogP contribution in [0.5, 0.6) is 0 Å². The Morgan fingerprint density at radius 1 is 0.966 bits per heavy atom. The zero-order chi connectivity index (χ0) is 22.0. The topological polar surface area (TPSA) is 3.88 Å². The molecule has 0 atom stereocenters. The minimum atomic E-state index is -0.230. The third-order valence-corrected chi connectivity index (χ3v) is 6.19. The van der Waals surface area contributed by atoms with Crippen LogP contribution in [-0.4, -0.2) is 0 Å². The van der Waals surface area contributed by atoms with Gasteiger partial charge in [0, 0.05) is 18.4 Å². The van der Waals surface area contributed by atoms with Crippen molar-refractivity contribution in [1.82, 2.24) is 0 Å². The maximum atomic E-state index is 14.6. The molecule has 4 aromatic rings. The van der Waals surface area contributed by atoms with Crippen LogP contribution in [0.4, 0.5) is 4.39 Å². The molecule has 0 amide bonds. The number of halogens is 1. The summed E-state index contributed by atoms with van der Waals surface area (Å²) in [7, 11) is 2.01. The van der Waals surface area contributed by atoms with Gasteiger partial charge in [0.05, 0.1) is 12.3 Å². The predicted octanol–water partition coefficient (Wildman–Crippen LogP) is 6.85. The van der Waals surface area contributed by atoms with Crippen LogP contribution in [0.3, 0.4) is 0 Å². The van der Waals surface area contributed by atoms with Gasteiger partial charge in [-0.2, -0.15) is 4.57 Å². The van der Waals surface area contributed by atoms with Crippen LogP contribution >= 0.6 is 0 Å². The van der Waals surface area contributed by atoms with Gasteiger partial charge in [-0.3, -0.25) is 0 Å². The molecule has 0 aliphatic heterocycles. The lowest BCUT2D eigenvalue weighted by atomic mass is 9.82. The monoisotopic (exact) mass is 387 g/mol. The Morgan fingerprint density at radius 3 is 2.38 bits per heavy atom. The summed E-state index contributed by atoms with van der Waals surface area (Å²) in [5, 5.41) is 3.25. The Hall–Kier alpha value is -2.74. The first-order valence-electron chi connectivity index (χ1n) is 10.6. The lowest BCUT2D eigenvalue weighted by molar-refractivity contribution is -0.665. The summed E-state index contributed by atoms with van der Waals surface area (Å²) >= 11 is 0. The quantitative estimate of drug-likeness (QED) is 0.248. The number of hydrogen-bond acceptors (Lipinski definition) is 0. The molecule has 1 aromatic heterocycles.